The first-order valence-electron chi connectivity index (χ1n) is 4.21. The van der Waals surface area contributed by atoms with E-state index in [2.05, 4.69) is 0 Å². The Hall–Kier alpha value is -0.510. The summed E-state index contributed by atoms with van der Waals surface area (Å²) in [5.74, 6) is 0. The van der Waals surface area contributed by atoms with Crippen molar-refractivity contribution in [1.82, 2.24) is 4.90 Å². The van der Waals surface area contributed by atoms with Crippen molar-refractivity contribution in [3.05, 3.63) is 0 Å². The third kappa shape index (κ3) is 2.24. The topological polar surface area (TPSA) is 20.3 Å². The maximum absolute atomic E-state index is 13.0. The number of piperidine rings is 1. The average Bonchev–Trinajstić information content (AvgIpc) is 2.08. The molecular formula is C8H13F2NO. The second kappa shape index (κ2) is 4.50. The Morgan fingerprint density at radius 2 is 2.25 bits per heavy atom. The van der Waals surface area contributed by atoms with Crippen molar-refractivity contribution < 1.29 is 13.6 Å². The first-order valence-corrected chi connectivity index (χ1v) is 4.21. The van der Waals surface area contributed by atoms with E-state index in [9.17, 15) is 13.6 Å². The molecule has 2 nitrogen and oxygen atoms in total. The number of alkyl halides is 2. The number of carbonyl (C=O) groups excluding carboxylic acids is 1. The van der Waals surface area contributed by atoms with Gasteiger partial charge in [0.1, 0.15) is 12.5 Å². The SMILES string of the molecule is O=CCCN1CCCC(F)C1F. The standard InChI is InChI=1S/C8H13F2NO/c9-7-3-1-4-11(8(7)10)5-2-6-12/h6-8H,1-5H2. The van der Waals surface area contributed by atoms with Crippen molar-refractivity contribution >= 4 is 6.29 Å². The van der Waals surface area contributed by atoms with Gasteiger partial charge in [-0.05, 0) is 12.8 Å². The van der Waals surface area contributed by atoms with Crippen LogP contribution >= 0.6 is 0 Å². The molecule has 0 bridgehead atoms. The molecule has 0 aromatic heterocycles. The van der Waals surface area contributed by atoms with Crippen LogP contribution in [-0.2, 0) is 4.79 Å². The fourth-order valence-corrected chi connectivity index (χ4v) is 1.43. The fraction of sp³-hybridized carbons (Fsp3) is 0.875. The second-order valence-corrected chi connectivity index (χ2v) is 3.02. The number of nitrogens with zero attached hydrogens (tertiary/aromatic N) is 1. The number of halogens is 2. The molecule has 12 heavy (non-hydrogen) atoms. The fourth-order valence-electron chi connectivity index (χ4n) is 1.43. The van der Waals surface area contributed by atoms with Crippen molar-refractivity contribution in [3.63, 3.8) is 0 Å². The molecule has 1 saturated heterocycles. The second-order valence-electron chi connectivity index (χ2n) is 3.02. The lowest BCUT2D eigenvalue weighted by Gasteiger charge is -2.32. The first kappa shape index (κ1) is 9.58. The van der Waals surface area contributed by atoms with Gasteiger partial charge in [0, 0.05) is 19.5 Å². The Kier molecular flexibility index (Phi) is 3.59. The molecule has 0 N–H and O–H groups in total. The van der Waals surface area contributed by atoms with Gasteiger partial charge in [-0.25, -0.2) is 8.78 Å². The van der Waals surface area contributed by atoms with Crippen LogP contribution in [0.3, 0.4) is 0 Å². The number of hydrogen-bond acceptors (Lipinski definition) is 2. The van der Waals surface area contributed by atoms with E-state index >= 15 is 0 Å². The normalized spacial score (nSPS) is 31.8. The molecule has 2 unspecified atom stereocenters. The summed E-state index contributed by atoms with van der Waals surface area (Å²) in [5.41, 5.74) is 0. The van der Waals surface area contributed by atoms with E-state index in [0.29, 0.717) is 25.9 Å². The van der Waals surface area contributed by atoms with Crippen LogP contribution in [0.4, 0.5) is 8.78 Å². The summed E-state index contributed by atoms with van der Waals surface area (Å²) in [7, 11) is 0. The summed E-state index contributed by atoms with van der Waals surface area (Å²) in [4.78, 5) is 11.4. The lowest BCUT2D eigenvalue weighted by Crippen LogP contribution is -2.44. The number of rotatable bonds is 3. The Morgan fingerprint density at radius 3 is 2.92 bits per heavy atom. The molecule has 70 valence electrons. The Balaban J connectivity index is 2.35. The quantitative estimate of drug-likeness (QED) is 0.478. The molecule has 2 atom stereocenters. The van der Waals surface area contributed by atoms with E-state index in [4.69, 9.17) is 0 Å². The molecule has 0 aliphatic carbocycles. The van der Waals surface area contributed by atoms with E-state index in [-0.39, 0.29) is 6.42 Å². The van der Waals surface area contributed by atoms with Gasteiger partial charge in [0.15, 0.2) is 6.30 Å². The van der Waals surface area contributed by atoms with Crippen LogP contribution in [0.25, 0.3) is 0 Å². The third-order valence-corrected chi connectivity index (χ3v) is 2.11. The molecule has 0 aromatic carbocycles. The van der Waals surface area contributed by atoms with Crippen LogP contribution in [0, 0.1) is 0 Å². The lowest BCUT2D eigenvalue weighted by molar-refractivity contribution is -0.109. The zero-order valence-electron chi connectivity index (χ0n) is 6.88. The summed E-state index contributed by atoms with van der Waals surface area (Å²) in [5, 5.41) is 0. The van der Waals surface area contributed by atoms with E-state index < -0.39 is 12.5 Å². The molecule has 1 rings (SSSR count). The molecule has 0 spiro atoms. The predicted octanol–water partition coefficient (Wildman–Crippen LogP) is 1.30. The number of hydrogen-bond donors (Lipinski definition) is 0. The van der Waals surface area contributed by atoms with Crippen LogP contribution < -0.4 is 0 Å². The van der Waals surface area contributed by atoms with Crippen molar-refractivity contribution in [2.45, 2.75) is 31.7 Å². The number of aldehydes is 1. The smallest absolute Gasteiger partial charge is 0.185 e. The minimum absolute atomic E-state index is 0.285. The number of likely N-dealkylation sites (tertiary alicyclic amines) is 1. The van der Waals surface area contributed by atoms with Gasteiger partial charge >= 0.3 is 0 Å². The van der Waals surface area contributed by atoms with E-state index in [0.717, 1.165) is 6.29 Å². The largest absolute Gasteiger partial charge is 0.303 e. The summed E-state index contributed by atoms with van der Waals surface area (Å²) >= 11 is 0. The third-order valence-electron chi connectivity index (χ3n) is 2.11. The van der Waals surface area contributed by atoms with E-state index in [1.54, 1.807) is 0 Å². The van der Waals surface area contributed by atoms with Gasteiger partial charge in [-0.1, -0.05) is 0 Å². The first-order chi connectivity index (χ1) is 5.75. The van der Waals surface area contributed by atoms with Crippen molar-refractivity contribution in [1.29, 1.82) is 0 Å². The highest BCUT2D eigenvalue weighted by Crippen LogP contribution is 2.21. The lowest BCUT2D eigenvalue weighted by atomic mass is 10.1. The van der Waals surface area contributed by atoms with Crippen LogP contribution in [0.5, 0.6) is 0 Å². The molecule has 0 saturated carbocycles. The molecule has 0 radical (unpaired) electrons. The minimum atomic E-state index is -1.50. The van der Waals surface area contributed by atoms with Gasteiger partial charge in [-0.3, -0.25) is 4.90 Å². The van der Waals surface area contributed by atoms with Crippen LogP contribution in [0.15, 0.2) is 0 Å². The highest BCUT2D eigenvalue weighted by Gasteiger charge is 2.30. The molecule has 0 aromatic rings. The molecule has 0 amide bonds. The Morgan fingerprint density at radius 1 is 1.50 bits per heavy atom. The van der Waals surface area contributed by atoms with Crippen LogP contribution in [0.2, 0.25) is 0 Å². The molecule has 1 heterocycles. The molecule has 1 fully saturated rings. The Bertz CT molecular complexity index is 154. The van der Waals surface area contributed by atoms with E-state index in [1.165, 1.54) is 4.90 Å². The zero-order chi connectivity index (χ0) is 8.97. The number of carbonyl (C=O) groups is 1. The highest BCUT2D eigenvalue weighted by atomic mass is 19.2. The van der Waals surface area contributed by atoms with Gasteiger partial charge < -0.3 is 4.79 Å². The molecule has 1 aliphatic rings. The molecule has 1 aliphatic heterocycles. The summed E-state index contributed by atoms with van der Waals surface area (Å²) < 4.78 is 25.7. The van der Waals surface area contributed by atoms with Crippen LogP contribution in [-0.4, -0.2) is 36.7 Å². The van der Waals surface area contributed by atoms with Gasteiger partial charge in [-0.2, -0.15) is 0 Å². The average molecular weight is 177 g/mol. The highest BCUT2D eigenvalue weighted by molar-refractivity contribution is 5.49. The van der Waals surface area contributed by atoms with Gasteiger partial charge in [0.2, 0.25) is 0 Å². The Labute approximate surface area is 70.5 Å². The minimum Gasteiger partial charge on any atom is -0.303 e. The maximum Gasteiger partial charge on any atom is 0.185 e. The zero-order valence-corrected chi connectivity index (χ0v) is 6.88. The van der Waals surface area contributed by atoms with Gasteiger partial charge in [-0.15, -0.1) is 0 Å². The summed E-state index contributed by atoms with van der Waals surface area (Å²) in [6.45, 7) is 0.903. The van der Waals surface area contributed by atoms with Crippen molar-refractivity contribution in [2.75, 3.05) is 13.1 Å². The summed E-state index contributed by atoms with van der Waals surface area (Å²) in [6, 6.07) is 0. The maximum atomic E-state index is 13.0. The summed E-state index contributed by atoms with van der Waals surface area (Å²) in [6.07, 6.45) is -0.870. The van der Waals surface area contributed by atoms with Crippen LogP contribution in [0.1, 0.15) is 19.3 Å². The van der Waals surface area contributed by atoms with E-state index in [1.807, 2.05) is 0 Å². The van der Waals surface area contributed by atoms with Crippen molar-refractivity contribution in [3.8, 4) is 0 Å². The van der Waals surface area contributed by atoms with Crippen molar-refractivity contribution in [2.24, 2.45) is 0 Å². The predicted molar refractivity (Wildman–Crippen MR) is 41.3 cm³/mol. The monoisotopic (exact) mass is 177 g/mol. The molecular weight excluding hydrogens is 164 g/mol. The van der Waals surface area contributed by atoms with Gasteiger partial charge in [0.05, 0.1) is 0 Å². The molecule has 4 heteroatoms. The van der Waals surface area contributed by atoms with Gasteiger partial charge in [0.25, 0.3) is 0 Å².